The lowest BCUT2D eigenvalue weighted by molar-refractivity contribution is 0.296. The van der Waals surface area contributed by atoms with E-state index in [1.165, 1.54) is 25.7 Å². The fraction of sp³-hybridized carbons (Fsp3) is 0.353. The van der Waals surface area contributed by atoms with E-state index in [9.17, 15) is 10.2 Å². The molecule has 2 N–H and O–H groups in total. The lowest BCUT2D eigenvalue weighted by Gasteiger charge is -2.15. The zero-order chi connectivity index (χ0) is 27.0. The lowest BCUT2D eigenvalue weighted by Crippen LogP contribution is -2.03. The predicted octanol–water partition coefficient (Wildman–Crippen LogP) is 9.36. The Morgan fingerprint density at radius 1 is 0.526 bits per heavy atom. The summed E-state index contributed by atoms with van der Waals surface area (Å²) in [6, 6.07) is 18.4. The third-order valence-corrected chi connectivity index (χ3v) is 6.35. The summed E-state index contributed by atoms with van der Waals surface area (Å²) in [6.45, 7) is 5.75. The highest BCUT2D eigenvalue weighted by Gasteiger charge is 2.10. The summed E-state index contributed by atoms with van der Waals surface area (Å²) in [5.74, 6) is 2.14. The normalized spacial score (nSPS) is 11.4. The van der Waals surface area contributed by atoms with Crippen molar-refractivity contribution in [2.45, 2.75) is 65.2 Å². The minimum absolute atomic E-state index is 0.252. The van der Waals surface area contributed by atoms with Crippen molar-refractivity contribution in [3.8, 4) is 23.0 Å². The van der Waals surface area contributed by atoms with Crippen molar-refractivity contribution in [1.29, 1.82) is 0 Å². The minimum atomic E-state index is 0.252. The van der Waals surface area contributed by atoms with Crippen molar-refractivity contribution in [2.75, 3.05) is 13.2 Å². The molecular weight excluding hydrogens is 472 g/mol. The molecule has 0 spiro atoms. The molecule has 0 aliphatic heterocycles. The molecule has 0 bridgehead atoms. The molecule has 3 rings (SSSR count). The standard InChI is InChI=1S/C34H42O4/c1-3-5-7-9-23-37-33-25-30(18-12-28-15-21-32(36)22-16-28)34(38-24-10-8-6-4-2)26-29(33)17-11-27-13-19-31(35)20-14-27/h11-22,25-26,35-36H,3-10,23-24H2,1-2H3. The predicted molar refractivity (Wildman–Crippen MR) is 160 cm³/mol. The maximum Gasteiger partial charge on any atom is 0.127 e. The third kappa shape index (κ3) is 10.0. The van der Waals surface area contributed by atoms with E-state index in [0.29, 0.717) is 13.2 Å². The van der Waals surface area contributed by atoms with Crippen LogP contribution in [0, 0.1) is 0 Å². The SMILES string of the molecule is CCCCCCOc1cc(C=Cc2ccc(O)cc2)c(OCCCCCC)cc1C=Cc1ccc(O)cc1. The van der Waals surface area contributed by atoms with E-state index in [2.05, 4.69) is 26.0 Å². The summed E-state index contributed by atoms with van der Waals surface area (Å²) in [6.07, 6.45) is 17.3. The van der Waals surface area contributed by atoms with Gasteiger partial charge >= 0.3 is 0 Å². The third-order valence-electron chi connectivity index (χ3n) is 6.35. The first-order valence-corrected chi connectivity index (χ1v) is 14.0. The van der Waals surface area contributed by atoms with Gasteiger partial charge in [0.2, 0.25) is 0 Å². The van der Waals surface area contributed by atoms with Gasteiger partial charge in [0.1, 0.15) is 23.0 Å². The summed E-state index contributed by atoms with van der Waals surface area (Å²) in [4.78, 5) is 0. The monoisotopic (exact) mass is 514 g/mol. The van der Waals surface area contributed by atoms with E-state index >= 15 is 0 Å². The number of hydrogen-bond acceptors (Lipinski definition) is 4. The number of rotatable bonds is 16. The van der Waals surface area contributed by atoms with Crippen LogP contribution in [0.3, 0.4) is 0 Å². The molecule has 0 saturated heterocycles. The maximum absolute atomic E-state index is 9.61. The van der Waals surface area contributed by atoms with Crippen LogP contribution in [-0.4, -0.2) is 23.4 Å². The molecule has 0 aromatic heterocycles. The van der Waals surface area contributed by atoms with Crippen LogP contribution in [0.5, 0.6) is 23.0 Å². The van der Waals surface area contributed by atoms with Crippen LogP contribution in [0.4, 0.5) is 0 Å². The number of phenols is 2. The average molecular weight is 515 g/mol. The summed E-state index contributed by atoms with van der Waals surface area (Å²) in [7, 11) is 0. The largest absolute Gasteiger partial charge is 0.508 e. The van der Waals surface area contributed by atoms with Gasteiger partial charge in [0.15, 0.2) is 0 Å². The molecule has 3 aromatic carbocycles. The van der Waals surface area contributed by atoms with Crippen LogP contribution < -0.4 is 9.47 Å². The van der Waals surface area contributed by atoms with Crippen LogP contribution in [0.1, 0.15) is 87.5 Å². The first-order chi connectivity index (χ1) is 18.6. The van der Waals surface area contributed by atoms with E-state index in [4.69, 9.17) is 9.47 Å². The molecule has 0 saturated carbocycles. The number of unbranched alkanes of at least 4 members (excludes halogenated alkanes) is 6. The van der Waals surface area contributed by atoms with E-state index in [0.717, 1.165) is 59.4 Å². The molecule has 0 fully saturated rings. The van der Waals surface area contributed by atoms with Crippen molar-refractivity contribution >= 4 is 24.3 Å². The van der Waals surface area contributed by atoms with Crippen LogP contribution in [0.2, 0.25) is 0 Å². The van der Waals surface area contributed by atoms with Gasteiger partial charge in [-0.1, -0.05) is 101 Å². The van der Waals surface area contributed by atoms with Crippen molar-refractivity contribution < 1.29 is 19.7 Å². The maximum atomic E-state index is 9.61. The molecule has 0 aliphatic rings. The number of phenolic OH excluding ortho intramolecular Hbond substituents is 2. The topological polar surface area (TPSA) is 58.9 Å². The molecule has 3 aromatic rings. The van der Waals surface area contributed by atoms with Crippen LogP contribution in [-0.2, 0) is 0 Å². The summed E-state index contributed by atoms with van der Waals surface area (Å²) < 4.78 is 12.6. The van der Waals surface area contributed by atoms with Crippen LogP contribution >= 0.6 is 0 Å². The summed E-state index contributed by atoms with van der Waals surface area (Å²) in [5.41, 5.74) is 3.91. The first-order valence-electron chi connectivity index (χ1n) is 14.0. The molecule has 202 valence electrons. The molecule has 4 heteroatoms. The molecule has 0 unspecified atom stereocenters. The molecule has 0 atom stereocenters. The number of aromatic hydroxyl groups is 2. The second-order valence-corrected chi connectivity index (χ2v) is 9.60. The smallest absolute Gasteiger partial charge is 0.127 e. The molecule has 0 radical (unpaired) electrons. The Morgan fingerprint density at radius 2 is 0.921 bits per heavy atom. The Morgan fingerprint density at radius 3 is 1.29 bits per heavy atom. The van der Waals surface area contributed by atoms with Crippen LogP contribution in [0.15, 0.2) is 60.7 Å². The molecule has 0 amide bonds. The Bertz CT molecular complexity index is 1050. The number of ether oxygens (including phenoxy) is 2. The van der Waals surface area contributed by atoms with Gasteiger partial charge in [-0.25, -0.2) is 0 Å². The highest BCUT2D eigenvalue weighted by molar-refractivity contribution is 5.79. The van der Waals surface area contributed by atoms with Gasteiger partial charge in [-0.3, -0.25) is 0 Å². The van der Waals surface area contributed by atoms with E-state index in [1.807, 2.05) is 48.6 Å². The second-order valence-electron chi connectivity index (χ2n) is 9.60. The average Bonchev–Trinajstić information content (AvgIpc) is 2.93. The molecule has 38 heavy (non-hydrogen) atoms. The Labute approximate surface area is 228 Å². The fourth-order valence-corrected chi connectivity index (χ4v) is 4.07. The summed E-state index contributed by atoms with van der Waals surface area (Å²) in [5, 5.41) is 19.2. The van der Waals surface area contributed by atoms with E-state index < -0.39 is 0 Å². The van der Waals surface area contributed by atoms with Crippen molar-refractivity contribution in [1.82, 2.24) is 0 Å². The van der Waals surface area contributed by atoms with Gasteiger partial charge < -0.3 is 19.7 Å². The molecule has 4 nitrogen and oxygen atoms in total. The van der Waals surface area contributed by atoms with Gasteiger partial charge in [-0.05, 0) is 60.4 Å². The van der Waals surface area contributed by atoms with Crippen molar-refractivity contribution in [3.05, 3.63) is 82.9 Å². The number of hydrogen-bond donors (Lipinski definition) is 2. The van der Waals surface area contributed by atoms with Gasteiger partial charge in [0, 0.05) is 11.1 Å². The molecule has 0 aliphatic carbocycles. The zero-order valence-electron chi connectivity index (χ0n) is 22.9. The first kappa shape index (κ1) is 28.9. The number of benzene rings is 3. The Kier molecular flexibility index (Phi) is 12.4. The van der Waals surface area contributed by atoms with Crippen molar-refractivity contribution in [3.63, 3.8) is 0 Å². The van der Waals surface area contributed by atoms with Gasteiger partial charge in [0.25, 0.3) is 0 Å². The van der Waals surface area contributed by atoms with Gasteiger partial charge in [0.05, 0.1) is 13.2 Å². The Balaban J connectivity index is 1.91. The van der Waals surface area contributed by atoms with Gasteiger partial charge in [-0.2, -0.15) is 0 Å². The Hall–Kier alpha value is -3.66. The van der Waals surface area contributed by atoms with E-state index in [1.54, 1.807) is 24.3 Å². The van der Waals surface area contributed by atoms with Crippen molar-refractivity contribution in [2.24, 2.45) is 0 Å². The van der Waals surface area contributed by atoms with E-state index in [-0.39, 0.29) is 11.5 Å². The second kappa shape index (κ2) is 16.2. The summed E-state index contributed by atoms with van der Waals surface area (Å²) >= 11 is 0. The highest BCUT2D eigenvalue weighted by Crippen LogP contribution is 2.33. The van der Waals surface area contributed by atoms with Crippen LogP contribution in [0.25, 0.3) is 24.3 Å². The van der Waals surface area contributed by atoms with Gasteiger partial charge in [-0.15, -0.1) is 0 Å². The molecule has 0 heterocycles. The minimum Gasteiger partial charge on any atom is -0.508 e. The fourth-order valence-electron chi connectivity index (χ4n) is 4.07. The lowest BCUT2D eigenvalue weighted by atomic mass is 10.0. The zero-order valence-corrected chi connectivity index (χ0v) is 22.9. The molecular formula is C34H42O4. The quantitative estimate of drug-likeness (QED) is 0.148. The highest BCUT2D eigenvalue weighted by atomic mass is 16.5.